The summed E-state index contributed by atoms with van der Waals surface area (Å²) in [5.74, 6) is 0.853. The molecule has 0 bridgehead atoms. The number of carbonyl (C=O) groups excluding carboxylic acids is 1. The van der Waals surface area contributed by atoms with E-state index in [-0.39, 0.29) is 16.7 Å². The molecule has 0 saturated carbocycles. The molecule has 4 rings (SSSR count). The summed E-state index contributed by atoms with van der Waals surface area (Å²) in [5, 5.41) is 13.0. The van der Waals surface area contributed by atoms with Gasteiger partial charge in [-0.2, -0.15) is 9.57 Å². The number of benzene rings is 3. The number of amides is 1. The van der Waals surface area contributed by atoms with Crippen LogP contribution >= 0.6 is 23.2 Å². The Kier molecular flexibility index (Phi) is 9.93. The minimum atomic E-state index is -3.63. The van der Waals surface area contributed by atoms with Crippen LogP contribution in [0, 0.1) is 17.2 Å². The van der Waals surface area contributed by atoms with E-state index in [4.69, 9.17) is 37.9 Å². The zero-order chi connectivity index (χ0) is 28.7. The van der Waals surface area contributed by atoms with Crippen LogP contribution in [0.4, 0.5) is 0 Å². The molecular weight excluding hydrogens is 573 g/mol. The average Bonchev–Trinajstić information content (AvgIpc) is 2.97. The molecule has 1 heterocycles. The number of methoxy groups -OCH3 is 1. The number of halogens is 2. The predicted molar refractivity (Wildman–Crippen MR) is 154 cm³/mol. The summed E-state index contributed by atoms with van der Waals surface area (Å²) in [7, 11) is -2.09. The fourth-order valence-electron chi connectivity index (χ4n) is 4.47. The Balaban J connectivity index is 1.29. The van der Waals surface area contributed by atoms with Gasteiger partial charge >= 0.3 is 0 Å². The van der Waals surface area contributed by atoms with Crippen LogP contribution in [0.1, 0.15) is 34.3 Å². The van der Waals surface area contributed by atoms with Gasteiger partial charge in [-0.25, -0.2) is 8.42 Å². The molecule has 0 unspecified atom stereocenters. The number of piperidine rings is 1. The Hall–Kier alpha value is -3.29. The molecular formula is C29H29Cl2N3O5S. The van der Waals surface area contributed by atoms with Gasteiger partial charge in [-0.15, -0.1) is 0 Å². The molecule has 0 aliphatic carbocycles. The molecule has 1 aliphatic rings. The molecule has 0 aromatic heterocycles. The summed E-state index contributed by atoms with van der Waals surface area (Å²) in [6.07, 6.45) is 1.80. The van der Waals surface area contributed by atoms with Crippen molar-refractivity contribution >= 4 is 39.1 Å². The van der Waals surface area contributed by atoms with Crippen molar-refractivity contribution < 1.29 is 22.7 Å². The molecule has 8 nitrogen and oxygen atoms in total. The quantitative estimate of drug-likeness (QED) is 0.336. The Morgan fingerprint density at radius 3 is 2.42 bits per heavy atom. The fraction of sp³-hybridized carbons (Fsp3) is 0.310. The van der Waals surface area contributed by atoms with Crippen LogP contribution in [0.25, 0.3) is 0 Å². The van der Waals surface area contributed by atoms with Crippen LogP contribution in [0.5, 0.6) is 11.5 Å². The number of ether oxygens (including phenoxy) is 2. The van der Waals surface area contributed by atoms with E-state index in [0.29, 0.717) is 78.2 Å². The lowest BCUT2D eigenvalue weighted by atomic mass is 9.98. The highest BCUT2D eigenvalue weighted by Gasteiger charge is 2.29. The first kappa shape index (κ1) is 29.7. The van der Waals surface area contributed by atoms with E-state index >= 15 is 0 Å². The number of carbonyl (C=O) groups is 1. The van der Waals surface area contributed by atoms with Crippen LogP contribution in [-0.2, 0) is 16.4 Å². The summed E-state index contributed by atoms with van der Waals surface area (Å²) in [5.41, 5.74) is 1.74. The minimum Gasteiger partial charge on any atom is -0.493 e. The molecule has 11 heteroatoms. The zero-order valence-electron chi connectivity index (χ0n) is 21.9. The number of nitriles is 1. The largest absolute Gasteiger partial charge is 0.493 e. The van der Waals surface area contributed by atoms with E-state index in [2.05, 4.69) is 5.32 Å². The third-order valence-electron chi connectivity index (χ3n) is 6.82. The second-order valence-electron chi connectivity index (χ2n) is 9.39. The van der Waals surface area contributed by atoms with E-state index in [1.807, 2.05) is 12.1 Å². The van der Waals surface area contributed by atoms with E-state index in [1.165, 1.54) is 35.7 Å². The normalized spacial score (nSPS) is 14.3. The maximum Gasteiger partial charge on any atom is 0.251 e. The Morgan fingerprint density at radius 1 is 1.05 bits per heavy atom. The lowest BCUT2D eigenvalue weighted by molar-refractivity contribution is 0.0941. The van der Waals surface area contributed by atoms with Crippen LogP contribution in [0.15, 0.2) is 65.6 Å². The topological polar surface area (TPSA) is 109 Å². The van der Waals surface area contributed by atoms with Gasteiger partial charge in [-0.3, -0.25) is 4.79 Å². The van der Waals surface area contributed by atoms with Crippen LogP contribution in [0.3, 0.4) is 0 Å². The number of nitrogens with one attached hydrogen (secondary N) is 1. The molecule has 3 aromatic rings. The number of hydrogen-bond acceptors (Lipinski definition) is 6. The van der Waals surface area contributed by atoms with Crippen molar-refractivity contribution in [2.75, 3.05) is 33.4 Å². The Bertz CT molecular complexity index is 1500. The maximum atomic E-state index is 13.0. The highest BCUT2D eigenvalue weighted by molar-refractivity contribution is 7.89. The monoisotopic (exact) mass is 601 g/mol. The van der Waals surface area contributed by atoms with Crippen LogP contribution in [0.2, 0.25) is 10.0 Å². The van der Waals surface area contributed by atoms with Gasteiger partial charge in [0.25, 0.3) is 5.91 Å². The third kappa shape index (κ3) is 7.26. The lowest BCUT2D eigenvalue weighted by Crippen LogP contribution is -2.41. The van der Waals surface area contributed by atoms with Crippen molar-refractivity contribution in [3.8, 4) is 17.6 Å². The first-order chi connectivity index (χ1) is 19.2. The Labute approximate surface area is 244 Å². The average molecular weight is 603 g/mol. The van der Waals surface area contributed by atoms with E-state index in [1.54, 1.807) is 30.3 Å². The number of sulfonamides is 1. The highest BCUT2D eigenvalue weighted by Crippen LogP contribution is 2.29. The minimum absolute atomic E-state index is 0.148. The summed E-state index contributed by atoms with van der Waals surface area (Å²) >= 11 is 12.2. The standard InChI is InChI=1S/C29H29Cl2N3O5S/c1-38-27-9-5-23(16-28(27)39-15-12-22-4-6-24(30)17-26(22)31)29(35)33-19-21-10-13-34(14-11-21)40(36,37)25-7-2-20(18-32)3-8-25/h2-9,16-17,21H,10-15,19H2,1H3,(H,33,35). The van der Waals surface area contributed by atoms with Crippen molar-refractivity contribution in [3.05, 3.63) is 87.4 Å². The Morgan fingerprint density at radius 2 is 1.77 bits per heavy atom. The van der Waals surface area contributed by atoms with E-state index in [9.17, 15) is 13.2 Å². The smallest absolute Gasteiger partial charge is 0.251 e. The molecule has 1 N–H and O–H groups in total. The van der Waals surface area contributed by atoms with Crippen molar-refractivity contribution in [1.82, 2.24) is 9.62 Å². The highest BCUT2D eigenvalue weighted by atomic mass is 35.5. The number of nitrogens with zero attached hydrogens (tertiary/aromatic N) is 2. The molecule has 3 aromatic carbocycles. The molecule has 210 valence electrons. The van der Waals surface area contributed by atoms with Gasteiger partial charge in [0.1, 0.15) is 0 Å². The van der Waals surface area contributed by atoms with Crippen LogP contribution in [-0.4, -0.2) is 52.0 Å². The van der Waals surface area contributed by atoms with E-state index < -0.39 is 10.0 Å². The van der Waals surface area contributed by atoms with Gasteiger partial charge in [0.2, 0.25) is 10.0 Å². The molecule has 1 amide bonds. The molecule has 1 saturated heterocycles. The summed E-state index contributed by atoms with van der Waals surface area (Å²) in [4.78, 5) is 13.1. The first-order valence-corrected chi connectivity index (χ1v) is 14.9. The summed E-state index contributed by atoms with van der Waals surface area (Å²) in [6, 6.07) is 18.2. The fourth-order valence-corrected chi connectivity index (χ4v) is 6.44. The third-order valence-corrected chi connectivity index (χ3v) is 9.32. The second kappa shape index (κ2) is 13.4. The molecule has 1 aliphatic heterocycles. The van der Waals surface area contributed by atoms with Crippen LogP contribution < -0.4 is 14.8 Å². The van der Waals surface area contributed by atoms with Crippen molar-refractivity contribution in [2.45, 2.75) is 24.2 Å². The van der Waals surface area contributed by atoms with Gasteiger partial charge in [0.05, 0.1) is 30.2 Å². The lowest BCUT2D eigenvalue weighted by Gasteiger charge is -2.31. The summed E-state index contributed by atoms with van der Waals surface area (Å²) < 4.78 is 38.7. The number of rotatable bonds is 10. The molecule has 0 atom stereocenters. The van der Waals surface area contributed by atoms with Gasteiger partial charge in [0.15, 0.2) is 11.5 Å². The summed E-state index contributed by atoms with van der Waals surface area (Å²) in [6.45, 7) is 1.48. The molecule has 0 radical (unpaired) electrons. The molecule has 40 heavy (non-hydrogen) atoms. The van der Waals surface area contributed by atoms with Crippen molar-refractivity contribution in [1.29, 1.82) is 5.26 Å². The van der Waals surface area contributed by atoms with Crippen molar-refractivity contribution in [2.24, 2.45) is 5.92 Å². The maximum absolute atomic E-state index is 13.0. The zero-order valence-corrected chi connectivity index (χ0v) is 24.2. The molecule has 0 spiro atoms. The van der Waals surface area contributed by atoms with Gasteiger partial charge < -0.3 is 14.8 Å². The van der Waals surface area contributed by atoms with E-state index in [0.717, 1.165) is 5.56 Å². The molecule has 1 fully saturated rings. The van der Waals surface area contributed by atoms with Gasteiger partial charge in [-0.05, 0) is 78.9 Å². The second-order valence-corrected chi connectivity index (χ2v) is 12.2. The first-order valence-electron chi connectivity index (χ1n) is 12.7. The SMILES string of the molecule is COc1ccc(C(=O)NCC2CCN(S(=O)(=O)c3ccc(C#N)cc3)CC2)cc1OCCc1ccc(Cl)cc1Cl. The van der Waals surface area contributed by atoms with Gasteiger partial charge in [-0.1, -0.05) is 29.3 Å². The van der Waals surface area contributed by atoms with Crippen molar-refractivity contribution in [3.63, 3.8) is 0 Å². The number of hydrogen-bond donors (Lipinski definition) is 1. The predicted octanol–water partition coefficient (Wildman–Crippen LogP) is 5.33. The van der Waals surface area contributed by atoms with Gasteiger partial charge in [0, 0.05) is 41.7 Å².